The molecule has 5 heterocycles. The maximum absolute atomic E-state index is 5.98. The van der Waals surface area contributed by atoms with Gasteiger partial charge in [0.1, 0.15) is 34.6 Å². The summed E-state index contributed by atoms with van der Waals surface area (Å²) in [7, 11) is 0. The molecule has 0 N–H and O–H groups in total. The van der Waals surface area contributed by atoms with Gasteiger partial charge in [0.2, 0.25) is 0 Å². The molecule has 4 aromatic heterocycles. The van der Waals surface area contributed by atoms with E-state index in [0.717, 1.165) is 44.4 Å². The van der Waals surface area contributed by atoms with Gasteiger partial charge in [0.25, 0.3) is 0 Å². The lowest BCUT2D eigenvalue weighted by Crippen LogP contribution is -1.82. The van der Waals surface area contributed by atoms with Gasteiger partial charge >= 0.3 is 0 Å². The van der Waals surface area contributed by atoms with Gasteiger partial charge in [-0.15, -0.1) is 11.8 Å². The van der Waals surface area contributed by atoms with Crippen molar-refractivity contribution in [1.82, 2.24) is 0 Å². The summed E-state index contributed by atoms with van der Waals surface area (Å²) in [5.74, 6) is 4.76. The third-order valence-electron chi connectivity index (χ3n) is 4.22. The molecular formula is C24H16O4S2. The fourth-order valence-electron chi connectivity index (χ4n) is 2.79. The monoisotopic (exact) mass is 432 g/mol. The van der Waals surface area contributed by atoms with Gasteiger partial charge in [0.15, 0.2) is 0 Å². The number of rotatable bonds is 6. The van der Waals surface area contributed by atoms with Crippen LogP contribution in [0.2, 0.25) is 0 Å². The first-order chi connectivity index (χ1) is 14.8. The molecule has 0 aliphatic carbocycles. The summed E-state index contributed by atoms with van der Waals surface area (Å²) in [6.45, 7) is 0. The molecule has 0 atom stereocenters. The molecule has 148 valence electrons. The first kappa shape index (κ1) is 18.8. The summed E-state index contributed by atoms with van der Waals surface area (Å²) in [6, 6.07) is 15.4. The standard InChI is InChI=1S/C24H16O4S2/c1-3-17(25-13-1)5-7-19-9-11-21(27-19)23-15-29-16-24(30-23)22-12-10-20(28-22)8-6-18-4-2-14-26-18/h1-16H. The minimum Gasteiger partial charge on any atom is -0.465 e. The maximum Gasteiger partial charge on any atom is 0.142 e. The van der Waals surface area contributed by atoms with Crippen molar-refractivity contribution in [3.05, 3.63) is 106 Å². The first-order valence-corrected chi connectivity index (χ1v) is 11.0. The molecule has 4 aromatic rings. The third-order valence-corrected chi connectivity index (χ3v) is 6.34. The molecule has 0 saturated carbocycles. The molecular weight excluding hydrogens is 416 g/mol. The van der Waals surface area contributed by atoms with Crippen LogP contribution in [0.5, 0.6) is 0 Å². The Labute approximate surface area is 181 Å². The Morgan fingerprint density at radius 2 is 1.07 bits per heavy atom. The molecule has 0 radical (unpaired) electrons. The van der Waals surface area contributed by atoms with Gasteiger partial charge < -0.3 is 17.7 Å². The molecule has 5 rings (SSSR count). The Balaban J connectivity index is 1.26. The second kappa shape index (κ2) is 8.65. The molecule has 0 bridgehead atoms. The summed E-state index contributed by atoms with van der Waals surface area (Å²) in [5, 5.41) is 4.15. The Bertz CT molecular complexity index is 1140. The van der Waals surface area contributed by atoms with E-state index in [2.05, 4.69) is 10.8 Å². The van der Waals surface area contributed by atoms with Crippen molar-refractivity contribution >= 4 is 57.6 Å². The molecule has 0 spiro atoms. The molecule has 6 heteroatoms. The Kier molecular flexibility index (Phi) is 5.42. The summed E-state index contributed by atoms with van der Waals surface area (Å²) in [6.07, 6.45) is 10.8. The molecule has 0 fully saturated rings. The molecule has 1 aliphatic rings. The van der Waals surface area contributed by atoms with Crippen LogP contribution < -0.4 is 0 Å². The van der Waals surface area contributed by atoms with Crippen molar-refractivity contribution in [2.75, 3.05) is 0 Å². The average Bonchev–Trinajstić information content (AvgIpc) is 3.58. The lowest BCUT2D eigenvalue weighted by Gasteiger charge is -2.10. The van der Waals surface area contributed by atoms with Crippen LogP contribution in [0, 0.1) is 0 Å². The van der Waals surface area contributed by atoms with Gasteiger partial charge in [-0.3, -0.25) is 0 Å². The van der Waals surface area contributed by atoms with Crippen molar-refractivity contribution in [3.8, 4) is 0 Å². The van der Waals surface area contributed by atoms with Gasteiger partial charge in [0.05, 0.1) is 22.3 Å². The van der Waals surface area contributed by atoms with E-state index >= 15 is 0 Å². The molecule has 4 nitrogen and oxygen atoms in total. The molecule has 0 saturated heterocycles. The van der Waals surface area contributed by atoms with Gasteiger partial charge in [-0.2, -0.15) is 0 Å². The second-order valence-corrected chi connectivity index (χ2v) is 8.13. The first-order valence-electron chi connectivity index (χ1n) is 9.21. The van der Waals surface area contributed by atoms with Crippen LogP contribution in [0.15, 0.2) is 89.5 Å². The topological polar surface area (TPSA) is 52.6 Å². The molecule has 1 aliphatic heterocycles. The van der Waals surface area contributed by atoms with Crippen molar-refractivity contribution in [2.45, 2.75) is 0 Å². The van der Waals surface area contributed by atoms with Crippen molar-refractivity contribution in [3.63, 3.8) is 0 Å². The fourth-order valence-corrected chi connectivity index (χ4v) is 4.71. The van der Waals surface area contributed by atoms with E-state index in [9.17, 15) is 0 Å². The normalized spacial score (nSPS) is 14.5. The fraction of sp³-hybridized carbons (Fsp3) is 0. The van der Waals surface area contributed by atoms with E-state index in [1.54, 1.807) is 36.1 Å². The van der Waals surface area contributed by atoms with Gasteiger partial charge in [0, 0.05) is 0 Å². The zero-order valence-electron chi connectivity index (χ0n) is 15.7. The zero-order valence-corrected chi connectivity index (χ0v) is 17.3. The van der Waals surface area contributed by atoms with E-state index < -0.39 is 0 Å². The maximum atomic E-state index is 5.98. The Hall–Kier alpha value is -3.22. The van der Waals surface area contributed by atoms with E-state index in [0.29, 0.717) is 0 Å². The highest BCUT2D eigenvalue weighted by molar-refractivity contribution is 8.20. The highest BCUT2D eigenvalue weighted by Crippen LogP contribution is 2.46. The van der Waals surface area contributed by atoms with Crippen LogP contribution in [0.3, 0.4) is 0 Å². The van der Waals surface area contributed by atoms with Crippen LogP contribution in [-0.4, -0.2) is 0 Å². The highest BCUT2D eigenvalue weighted by Gasteiger charge is 2.17. The Morgan fingerprint density at radius 1 is 0.567 bits per heavy atom. The van der Waals surface area contributed by atoms with E-state index in [-0.39, 0.29) is 0 Å². The van der Waals surface area contributed by atoms with Crippen LogP contribution in [0.25, 0.3) is 34.1 Å². The molecule has 30 heavy (non-hydrogen) atoms. The van der Waals surface area contributed by atoms with Gasteiger partial charge in [-0.05, 0) is 83.7 Å². The zero-order chi connectivity index (χ0) is 20.2. The predicted molar refractivity (Wildman–Crippen MR) is 124 cm³/mol. The molecule has 0 amide bonds. The second-order valence-electron chi connectivity index (χ2n) is 6.30. The minimum atomic E-state index is 0.771. The smallest absolute Gasteiger partial charge is 0.142 e. The predicted octanol–water partition coefficient (Wildman–Crippen LogP) is 8.18. The van der Waals surface area contributed by atoms with Crippen LogP contribution in [0.1, 0.15) is 34.6 Å². The van der Waals surface area contributed by atoms with Gasteiger partial charge in [-0.25, -0.2) is 0 Å². The van der Waals surface area contributed by atoms with Crippen molar-refractivity contribution < 1.29 is 17.7 Å². The van der Waals surface area contributed by atoms with Crippen molar-refractivity contribution in [2.24, 2.45) is 0 Å². The van der Waals surface area contributed by atoms with E-state index in [1.165, 1.54) is 0 Å². The van der Waals surface area contributed by atoms with E-state index in [1.807, 2.05) is 72.8 Å². The summed E-state index contributed by atoms with van der Waals surface area (Å²) in [4.78, 5) is 2.08. The van der Waals surface area contributed by atoms with Crippen LogP contribution >= 0.6 is 23.5 Å². The summed E-state index contributed by atoms with van der Waals surface area (Å²) >= 11 is 3.24. The number of furan rings is 4. The lowest BCUT2D eigenvalue weighted by atomic mass is 10.3. The SMILES string of the molecule is C(=Cc1ccc(C2=CSC=C(c3ccc(C=Cc4ccco4)o3)S2)o1)c1ccco1. The number of thioether (sulfide) groups is 2. The van der Waals surface area contributed by atoms with Crippen LogP contribution in [0.4, 0.5) is 0 Å². The lowest BCUT2D eigenvalue weighted by molar-refractivity contribution is 0.544. The van der Waals surface area contributed by atoms with Crippen molar-refractivity contribution in [1.29, 1.82) is 0 Å². The summed E-state index contributed by atoms with van der Waals surface area (Å²) in [5.41, 5.74) is 0. The minimum absolute atomic E-state index is 0.771. The number of hydrogen-bond acceptors (Lipinski definition) is 6. The Morgan fingerprint density at radius 3 is 1.53 bits per heavy atom. The largest absolute Gasteiger partial charge is 0.465 e. The summed E-state index contributed by atoms with van der Waals surface area (Å²) < 4.78 is 22.6. The molecule has 0 aromatic carbocycles. The van der Waals surface area contributed by atoms with Gasteiger partial charge in [-0.1, -0.05) is 11.8 Å². The van der Waals surface area contributed by atoms with Crippen LogP contribution in [-0.2, 0) is 0 Å². The van der Waals surface area contributed by atoms with E-state index in [4.69, 9.17) is 17.7 Å². The highest BCUT2D eigenvalue weighted by atomic mass is 32.2. The average molecular weight is 433 g/mol. The molecule has 0 unspecified atom stereocenters. The quantitative estimate of drug-likeness (QED) is 0.306. The third kappa shape index (κ3) is 4.35. The number of hydrogen-bond donors (Lipinski definition) is 0.